The van der Waals surface area contributed by atoms with Crippen LogP contribution >= 0.6 is 0 Å². The molecule has 0 saturated carbocycles. The first-order valence-corrected chi connectivity index (χ1v) is 13.3. The Morgan fingerprint density at radius 3 is 1.97 bits per heavy atom. The van der Waals surface area contributed by atoms with Crippen molar-refractivity contribution in [2.45, 2.75) is 51.1 Å². The Labute approximate surface area is 232 Å². The highest BCUT2D eigenvalue weighted by Gasteiger charge is 2.22. The van der Waals surface area contributed by atoms with E-state index in [1.807, 2.05) is 53.4 Å². The molecule has 8 nitrogen and oxygen atoms in total. The van der Waals surface area contributed by atoms with E-state index in [0.29, 0.717) is 25.9 Å². The van der Waals surface area contributed by atoms with Gasteiger partial charge in [-0.1, -0.05) is 86.3 Å². The fourth-order valence-electron chi connectivity index (χ4n) is 4.31. The maximum atomic E-state index is 12.6. The highest BCUT2D eigenvalue weighted by atomic mass is 16.5. The number of amides is 2. The molecule has 0 heterocycles. The van der Waals surface area contributed by atoms with Crippen molar-refractivity contribution in [1.82, 2.24) is 15.5 Å². The van der Waals surface area contributed by atoms with Crippen molar-refractivity contribution in [2.24, 2.45) is 5.73 Å². The number of carbonyl (C=O) groups excluding carboxylic acids is 3. The quantitative estimate of drug-likeness (QED) is 0.200. The minimum Gasteiger partial charge on any atom is -0.467 e. The third-order valence-corrected chi connectivity index (χ3v) is 6.38. The number of carbonyl (C=O) groups is 3. The van der Waals surface area contributed by atoms with Crippen LogP contribution in [0.4, 0.5) is 0 Å². The standard InChI is InChI=1S/C31H42N4O4/c1-5-23(2)27(19-25-13-8-6-9-14-25)33-24(3)21-35(22-29(32)36)18-12-17-30(37)34-28(31(38)39-4)20-26-15-10-7-11-16-26/h6-11,13-16,27-28,33H,2-3,5,12,17-22H2,1,4H3,(H2,32,36)(H,34,37). The lowest BCUT2D eigenvalue weighted by Gasteiger charge is -2.27. The molecule has 2 atom stereocenters. The Hall–Kier alpha value is -3.91. The molecule has 0 aliphatic carbocycles. The molecule has 0 bridgehead atoms. The molecule has 0 fully saturated rings. The summed E-state index contributed by atoms with van der Waals surface area (Å²) in [7, 11) is 1.30. The van der Waals surface area contributed by atoms with Crippen LogP contribution in [0.5, 0.6) is 0 Å². The molecule has 0 radical (unpaired) electrons. The molecule has 2 aromatic carbocycles. The molecule has 210 valence electrons. The smallest absolute Gasteiger partial charge is 0.328 e. The lowest BCUT2D eigenvalue weighted by molar-refractivity contribution is -0.145. The SMILES string of the molecule is C=C(CN(CCCC(=O)NC(Cc1ccccc1)C(=O)OC)CC(N)=O)NC(Cc1ccccc1)C(=C)CC. The zero-order chi connectivity index (χ0) is 28.6. The van der Waals surface area contributed by atoms with Gasteiger partial charge in [-0.15, -0.1) is 0 Å². The first-order valence-electron chi connectivity index (χ1n) is 13.3. The Morgan fingerprint density at radius 1 is 0.897 bits per heavy atom. The second kappa shape index (κ2) is 16.8. The predicted octanol–water partition coefficient (Wildman–Crippen LogP) is 3.14. The lowest BCUT2D eigenvalue weighted by Crippen LogP contribution is -2.43. The number of rotatable bonds is 18. The van der Waals surface area contributed by atoms with E-state index in [4.69, 9.17) is 10.5 Å². The largest absolute Gasteiger partial charge is 0.467 e. The number of hydrogen-bond acceptors (Lipinski definition) is 6. The van der Waals surface area contributed by atoms with E-state index < -0.39 is 17.9 Å². The Bertz CT molecular complexity index is 1090. The summed E-state index contributed by atoms with van der Waals surface area (Å²) in [6.45, 7) is 11.4. The van der Waals surface area contributed by atoms with E-state index in [9.17, 15) is 14.4 Å². The normalized spacial score (nSPS) is 12.3. The fraction of sp³-hybridized carbons (Fsp3) is 0.387. The number of hydrogen-bond donors (Lipinski definition) is 3. The third kappa shape index (κ3) is 12.0. The average molecular weight is 535 g/mol. The van der Waals surface area contributed by atoms with Gasteiger partial charge in [0.15, 0.2) is 0 Å². The van der Waals surface area contributed by atoms with Crippen molar-refractivity contribution < 1.29 is 19.1 Å². The van der Waals surface area contributed by atoms with Gasteiger partial charge in [0.1, 0.15) is 6.04 Å². The summed E-state index contributed by atoms with van der Waals surface area (Å²) in [4.78, 5) is 38.5. The molecule has 2 amide bonds. The highest BCUT2D eigenvalue weighted by molar-refractivity contribution is 5.84. The third-order valence-electron chi connectivity index (χ3n) is 6.38. The van der Waals surface area contributed by atoms with Crippen LogP contribution < -0.4 is 16.4 Å². The zero-order valence-corrected chi connectivity index (χ0v) is 23.2. The number of nitrogens with two attached hydrogens (primary N) is 1. The minimum absolute atomic E-state index is 0.00553. The zero-order valence-electron chi connectivity index (χ0n) is 23.2. The number of nitrogens with zero attached hydrogens (tertiary/aromatic N) is 1. The van der Waals surface area contributed by atoms with Gasteiger partial charge in [0.05, 0.1) is 19.7 Å². The van der Waals surface area contributed by atoms with Gasteiger partial charge >= 0.3 is 5.97 Å². The Morgan fingerprint density at radius 2 is 1.46 bits per heavy atom. The number of methoxy groups -OCH3 is 1. The van der Waals surface area contributed by atoms with Crippen molar-refractivity contribution in [3.8, 4) is 0 Å². The molecule has 0 spiro atoms. The Balaban J connectivity index is 1.91. The van der Waals surface area contributed by atoms with Crippen molar-refractivity contribution in [3.63, 3.8) is 0 Å². The minimum atomic E-state index is -0.774. The van der Waals surface area contributed by atoms with Crippen LogP contribution in [0.3, 0.4) is 0 Å². The molecule has 4 N–H and O–H groups in total. The van der Waals surface area contributed by atoms with Gasteiger partial charge in [-0.2, -0.15) is 0 Å². The number of esters is 1. The van der Waals surface area contributed by atoms with E-state index in [1.54, 1.807) is 0 Å². The molecule has 0 aromatic heterocycles. The maximum Gasteiger partial charge on any atom is 0.328 e. The number of primary amides is 1. The van der Waals surface area contributed by atoms with Gasteiger partial charge in [-0.3, -0.25) is 14.5 Å². The van der Waals surface area contributed by atoms with Gasteiger partial charge in [0.25, 0.3) is 0 Å². The summed E-state index contributed by atoms with van der Waals surface area (Å²) in [6.07, 6.45) is 2.59. The van der Waals surface area contributed by atoms with Gasteiger partial charge in [0, 0.05) is 25.1 Å². The van der Waals surface area contributed by atoms with Gasteiger partial charge in [-0.05, 0) is 36.9 Å². The Kier molecular flexibility index (Phi) is 13.5. The molecule has 2 rings (SSSR count). The number of ether oxygens (including phenoxy) is 1. The van der Waals surface area contributed by atoms with Crippen LogP contribution in [0.1, 0.15) is 37.3 Å². The maximum absolute atomic E-state index is 12.6. The fourth-order valence-corrected chi connectivity index (χ4v) is 4.31. The topological polar surface area (TPSA) is 114 Å². The average Bonchev–Trinajstić information content (AvgIpc) is 2.92. The summed E-state index contributed by atoms with van der Waals surface area (Å²) in [5, 5.41) is 6.25. The molecule has 8 heteroatoms. The van der Waals surface area contributed by atoms with Crippen molar-refractivity contribution in [3.05, 3.63) is 96.2 Å². The first kappa shape index (κ1) is 31.3. The van der Waals surface area contributed by atoms with E-state index >= 15 is 0 Å². The van der Waals surface area contributed by atoms with Crippen LogP contribution in [-0.2, 0) is 32.0 Å². The lowest BCUT2D eigenvalue weighted by atomic mass is 9.98. The van der Waals surface area contributed by atoms with Gasteiger partial charge < -0.3 is 21.1 Å². The van der Waals surface area contributed by atoms with E-state index in [-0.39, 0.29) is 24.9 Å². The molecule has 39 heavy (non-hydrogen) atoms. The van der Waals surface area contributed by atoms with Crippen LogP contribution in [0, 0.1) is 0 Å². The second-order valence-electron chi connectivity index (χ2n) is 9.62. The van der Waals surface area contributed by atoms with Crippen LogP contribution in [0.2, 0.25) is 0 Å². The van der Waals surface area contributed by atoms with Crippen LogP contribution in [0.15, 0.2) is 85.1 Å². The summed E-state index contributed by atoms with van der Waals surface area (Å²) < 4.78 is 4.87. The van der Waals surface area contributed by atoms with Crippen molar-refractivity contribution in [1.29, 1.82) is 0 Å². The molecule has 2 unspecified atom stereocenters. The summed E-state index contributed by atoms with van der Waals surface area (Å²) in [5.41, 5.74) is 9.40. The molecular weight excluding hydrogens is 492 g/mol. The van der Waals surface area contributed by atoms with Gasteiger partial charge in [-0.25, -0.2) is 4.79 Å². The van der Waals surface area contributed by atoms with Crippen molar-refractivity contribution >= 4 is 17.8 Å². The number of nitrogens with one attached hydrogen (secondary N) is 2. The van der Waals surface area contributed by atoms with Gasteiger partial charge in [0.2, 0.25) is 11.8 Å². The van der Waals surface area contributed by atoms with Crippen molar-refractivity contribution in [2.75, 3.05) is 26.7 Å². The predicted molar refractivity (Wildman–Crippen MR) is 155 cm³/mol. The van der Waals surface area contributed by atoms with Crippen LogP contribution in [-0.4, -0.2) is 61.5 Å². The van der Waals surface area contributed by atoms with E-state index in [2.05, 4.69) is 42.8 Å². The molecular formula is C31H42N4O4. The molecule has 2 aromatic rings. The van der Waals surface area contributed by atoms with E-state index in [1.165, 1.54) is 12.7 Å². The first-order chi connectivity index (χ1) is 18.7. The number of benzene rings is 2. The summed E-state index contributed by atoms with van der Waals surface area (Å²) in [5.74, 6) is -1.22. The summed E-state index contributed by atoms with van der Waals surface area (Å²) in [6, 6.07) is 18.8. The van der Waals surface area contributed by atoms with E-state index in [0.717, 1.165) is 29.7 Å². The molecule has 0 aliphatic heterocycles. The molecule has 0 saturated heterocycles. The summed E-state index contributed by atoms with van der Waals surface area (Å²) >= 11 is 0. The second-order valence-corrected chi connectivity index (χ2v) is 9.62. The monoisotopic (exact) mass is 534 g/mol. The van der Waals surface area contributed by atoms with Crippen LogP contribution in [0.25, 0.3) is 0 Å². The molecule has 0 aliphatic rings. The highest BCUT2D eigenvalue weighted by Crippen LogP contribution is 2.14.